The summed E-state index contributed by atoms with van der Waals surface area (Å²) in [5.74, 6) is -0.588. The first-order chi connectivity index (χ1) is 14.8. The van der Waals surface area contributed by atoms with Gasteiger partial charge in [0, 0.05) is 26.2 Å². The molecule has 1 amide bonds. The molecule has 1 aliphatic rings. The lowest BCUT2D eigenvalue weighted by Gasteiger charge is -2.38. The third-order valence-corrected chi connectivity index (χ3v) is 6.99. The number of carbonyl (C=O) groups excluding carboxylic acids is 1. The van der Waals surface area contributed by atoms with E-state index in [2.05, 4.69) is 0 Å². The average molecular weight is 474 g/mol. The third-order valence-electron chi connectivity index (χ3n) is 5.04. The van der Waals surface area contributed by atoms with Crippen LogP contribution in [0.25, 0.3) is 0 Å². The first-order valence-corrected chi connectivity index (χ1v) is 11.2. The van der Waals surface area contributed by atoms with Crippen LogP contribution >= 0.6 is 0 Å². The van der Waals surface area contributed by atoms with Gasteiger partial charge in [-0.1, -0.05) is 12.1 Å². The topological polar surface area (TPSA) is 66.9 Å². The summed E-state index contributed by atoms with van der Waals surface area (Å²) < 4.78 is 85.2. The predicted octanol–water partition coefficient (Wildman–Crippen LogP) is 3.54. The molecule has 1 aliphatic heterocycles. The SMILES string of the molecule is CC(C)(Oc1ccc(F)cc1)C(=O)N1CCN(S(=O)(=O)c2ccccc2C(F)(F)F)CC1. The fraction of sp³-hybridized carbons (Fsp3) is 0.381. The Kier molecular flexibility index (Phi) is 6.52. The lowest BCUT2D eigenvalue weighted by atomic mass is 10.1. The van der Waals surface area contributed by atoms with Gasteiger partial charge in [0.25, 0.3) is 5.91 Å². The molecule has 1 heterocycles. The van der Waals surface area contributed by atoms with E-state index in [0.29, 0.717) is 0 Å². The summed E-state index contributed by atoms with van der Waals surface area (Å²) in [5, 5.41) is 0. The fourth-order valence-corrected chi connectivity index (χ4v) is 5.05. The monoisotopic (exact) mass is 474 g/mol. The van der Waals surface area contributed by atoms with Gasteiger partial charge in [-0.3, -0.25) is 4.79 Å². The molecule has 2 aromatic carbocycles. The summed E-state index contributed by atoms with van der Waals surface area (Å²) in [5.41, 5.74) is -2.55. The summed E-state index contributed by atoms with van der Waals surface area (Å²) in [6.07, 6.45) is -4.82. The number of carbonyl (C=O) groups is 1. The van der Waals surface area contributed by atoms with Gasteiger partial charge < -0.3 is 9.64 Å². The van der Waals surface area contributed by atoms with Crippen molar-refractivity contribution in [3.8, 4) is 5.75 Å². The van der Waals surface area contributed by atoms with Crippen LogP contribution in [0.3, 0.4) is 0 Å². The maximum atomic E-state index is 13.3. The molecule has 0 bridgehead atoms. The highest BCUT2D eigenvalue weighted by Gasteiger charge is 2.41. The molecule has 32 heavy (non-hydrogen) atoms. The number of piperazine rings is 1. The number of nitrogens with zero attached hydrogens (tertiary/aromatic N) is 2. The van der Waals surface area contributed by atoms with Crippen LogP contribution < -0.4 is 4.74 Å². The Bertz CT molecular complexity index is 1080. The quantitative estimate of drug-likeness (QED) is 0.622. The minimum atomic E-state index is -4.82. The Balaban J connectivity index is 1.70. The number of alkyl halides is 3. The second-order valence-electron chi connectivity index (χ2n) is 7.76. The molecule has 174 valence electrons. The van der Waals surface area contributed by atoms with Gasteiger partial charge in [-0.05, 0) is 50.2 Å². The molecule has 3 rings (SSSR count). The predicted molar refractivity (Wildman–Crippen MR) is 108 cm³/mol. The third kappa shape index (κ3) is 5.04. The lowest BCUT2D eigenvalue weighted by Crippen LogP contribution is -2.56. The summed E-state index contributed by atoms with van der Waals surface area (Å²) in [7, 11) is -4.40. The van der Waals surface area contributed by atoms with Crippen molar-refractivity contribution >= 4 is 15.9 Å². The first kappa shape index (κ1) is 24.0. The number of rotatable bonds is 5. The maximum Gasteiger partial charge on any atom is 0.417 e. The standard InChI is InChI=1S/C21H22F4N2O4S/c1-20(2,31-16-9-7-15(22)8-10-16)19(28)26-11-13-27(14-12-26)32(29,30)18-6-4-3-5-17(18)21(23,24)25/h3-10H,11-14H2,1-2H3. The van der Waals surface area contributed by atoms with Gasteiger partial charge in [-0.15, -0.1) is 0 Å². The van der Waals surface area contributed by atoms with Gasteiger partial charge >= 0.3 is 6.18 Å². The molecular weight excluding hydrogens is 452 g/mol. The molecule has 2 aromatic rings. The number of hydrogen-bond donors (Lipinski definition) is 0. The molecular formula is C21H22F4N2O4S. The van der Waals surface area contributed by atoms with E-state index in [1.165, 1.54) is 49.1 Å². The number of halogens is 4. The van der Waals surface area contributed by atoms with Crippen molar-refractivity contribution in [1.29, 1.82) is 0 Å². The van der Waals surface area contributed by atoms with E-state index < -0.39 is 44.0 Å². The van der Waals surface area contributed by atoms with Crippen LogP contribution in [-0.4, -0.2) is 55.3 Å². The van der Waals surface area contributed by atoms with Gasteiger partial charge in [0.15, 0.2) is 5.60 Å². The van der Waals surface area contributed by atoms with Crippen molar-refractivity contribution in [2.45, 2.75) is 30.5 Å². The van der Waals surface area contributed by atoms with Crippen LogP contribution in [0.15, 0.2) is 53.4 Å². The smallest absolute Gasteiger partial charge is 0.417 e. The molecule has 0 N–H and O–H groups in total. The fourth-order valence-electron chi connectivity index (χ4n) is 3.42. The van der Waals surface area contributed by atoms with Crippen LogP contribution in [-0.2, 0) is 21.0 Å². The Morgan fingerprint density at radius 2 is 1.50 bits per heavy atom. The number of ether oxygens (including phenoxy) is 1. The van der Waals surface area contributed by atoms with Crippen molar-refractivity contribution in [2.75, 3.05) is 26.2 Å². The summed E-state index contributed by atoms with van der Waals surface area (Å²) in [6.45, 7) is 2.72. The van der Waals surface area contributed by atoms with Gasteiger partial charge in [0.05, 0.1) is 10.5 Å². The number of hydrogen-bond acceptors (Lipinski definition) is 4. The Hall–Kier alpha value is -2.66. The number of benzene rings is 2. The average Bonchev–Trinajstić information content (AvgIpc) is 2.74. The Morgan fingerprint density at radius 3 is 2.06 bits per heavy atom. The van der Waals surface area contributed by atoms with Gasteiger partial charge in [0.1, 0.15) is 11.6 Å². The van der Waals surface area contributed by atoms with Gasteiger partial charge in [0.2, 0.25) is 10.0 Å². The van der Waals surface area contributed by atoms with Crippen LogP contribution in [0.1, 0.15) is 19.4 Å². The second-order valence-corrected chi connectivity index (χ2v) is 9.66. The zero-order valence-electron chi connectivity index (χ0n) is 17.4. The maximum absolute atomic E-state index is 13.3. The lowest BCUT2D eigenvalue weighted by molar-refractivity contribution is -0.146. The minimum Gasteiger partial charge on any atom is -0.478 e. The highest BCUT2D eigenvalue weighted by molar-refractivity contribution is 7.89. The summed E-state index contributed by atoms with van der Waals surface area (Å²) in [6, 6.07) is 9.16. The van der Waals surface area contributed by atoms with Crippen LogP contribution in [0.5, 0.6) is 5.75 Å². The molecule has 6 nitrogen and oxygen atoms in total. The molecule has 0 spiro atoms. The van der Waals surface area contributed by atoms with Crippen LogP contribution in [0.4, 0.5) is 17.6 Å². The zero-order valence-corrected chi connectivity index (χ0v) is 18.2. The summed E-state index contributed by atoms with van der Waals surface area (Å²) >= 11 is 0. The zero-order chi connectivity index (χ0) is 23.7. The van der Waals surface area contributed by atoms with E-state index in [1.807, 2.05) is 0 Å². The molecule has 0 aromatic heterocycles. The molecule has 1 saturated heterocycles. The van der Waals surface area contributed by atoms with E-state index in [1.54, 1.807) is 0 Å². The molecule has 0 atom stereocenters. The van der Waals surface area contributed by atoms with Crippen LogP contribution in [0, 0.1) is 5.82 Å². The minimum absolute atomic E-state index is 0.0115. The highest BCUT2D eigenvalue weighted by Crippen LogP contribution is 2.35. The molecule has 0 aliphatic carbocycles. The Labute approximate surface area is 183 Å². The van der Waals surface area contributed by atoms with E-state index in [4.69, 9.17) is 4.74 Å². The largest absolute Gasteiger partial charge is 0.478 e. The number of sulfonamides is 1. The molecule has 0 radical (unpaired) electrons. The normalized spacial score (nSPS) is 16.1. The Morgan fingerprint density at radius 1 is 0.938 bits per heavy atom. The summed E-state index contributed by atoms with van der Waals surface area (Å²) in [4.78, 5) is 13.5. The molecule has 11 heteroatoms. The van der Waals surface area contributed by atoms with Crippen molar-refractivity contribution in [1.82, 2.24) is 9.21 Å². The second kappa shape index (κ2) is 8.70. The van der Waals surface area contributed by atoms with Crippen molar-refractivity contribution in [3.63, 3.8) is 0 Å². The van der Waals surface area contributed by atoms with Crippen LogP contribution in [0.2, 0.25) is 0 Å². The van der Waals surface area contributed by atoms with Crippen molar-refractivity contribution in [3.05, 3.63) is 59.9 Å². The molecule has 1 fully saturated rings. The van der Waals surface area contributed by atoms with Gasteiger partial charge in [-0.2, -0.15) is 17.5 Å². The first-order valence-electron chi connectivity index (χ1n) is 9.73. The van der Waals surface area contributed by atoms with E-state index in [0.717, 1.165) is 22.5 Å². The van der Waals surface area contributed by atoms with Crippen molar-refractivity contribution < 1.29 is 35.5 Å². The van der Waals surface area contributed by atoms with Crippen molar-refractivity contribution in [2.24, 2.45) is 0 Å². The van der Waals surface area contributed by atoms with E-state index in [-0.39, 0.29) is 31.9 Å². The van der Waals surface area contributed by atoms with Gasteiger partial charge in [-0.25, -0.2) is 12.8 Å². The number of amides is 1. The van der Waals surface area contributed by atoms with E-state index in [9.17, 15) is 30.8 Å². The van der Waals surface area contributed by atoms with E-state index >= 15 is 0 Å². The molecule has 0 saturated carbocycles. The highest BCUT2D eigenvalue weighted by atomic mass is 32.2. The molecule has 0 unspecified atom stereocenters.